The molecule has 2 aromatic heterocycles. The van der Waals surface area contributed by atoms with Crippen LogP contribution in [-0.4, -0.2) is 38.2 Å². The molecule has 0 aliphatic carbocycles. The van der Waals surface area contributed by atoms with Crippen LogP contribution in [0, 0.1) is 6.92 Å². The summed E-state index contributed by atoms with van der Waals surface area (Å²) in [6, 6.07) is 12.2. The lowest BCUT2D eigenvalue weighted by Gasteiger charge is -2.30. The third-order valence-electron chi connectivity index (χ3n) is 4.57. The second-order valence-corrected chi connectivity index (χ2v) is 6.39. The molecule has 0 saturated heterocycles. The number of aryl methyl sites for hydroxylation is 1. The number of hydrogen-bond acceptors (Lipinski definition) is 6. The van der Waals surface area contributed by atoms with E-state index in [9.17, 15) is 0 Å². The maximum atomic E-state index is 9.11. The van der Waals surface area contributed by atoms with Crippen LogP contribution in [0.4, 0.5) is 5.82 Å². The van der Waals surface area contributed by atoms with Crippen LogP contribution < -0.4 is 4.90 Å². The molecule has 0 unspecified atom stereocenters. The normalized spacial score (nSPS) is 13.5. The fraction of sp³-hybridized carbons (Fsp3) is 0.300. The first-order chi connectivity index (χ1) is 12.7. The number of anilines is 1. The van der Waals surface area contributed by atoms with Crippen molar-refractivity contribution in [3.05, 3.63) is 65.5 Å². The number of nitrogens with zero attached hydrogens (tertiary/aromatic N) is 5. The van der Waals surface area contributed by atoms with Crippen molar-refractivity contribution in [2.75, 3.05) is 18.1 Å². The van der Waals surface area contributed by atoms with Crippen molar-refractivity contribution in [2.24, 2.45) is 0 Å². The molecule has 1 N–H and O–H groups in total. The lowest BCUT2D eigenvalue weighted by molar-refractivity contribution is 0.296. The zero-order valence-electron chi connectivity index (χ0n) is 14.8. The van der Waals surface area contributed by atoms with Gasteiger partial charge in [0.1, 0.15) is 17.5 Å². The fourth-order valence-corrected chi connectivity index (χ4v) is 3.37. The molecule has 6 nitrogen and oxygen atoms in total. The average molecular weight is 347 g/mol. The van der Waals surface area contributed by atoms with Crippen LogP contribution in [0.5, 0.6) is 0 Å². The molecule has 1 aliphatic heterocycles. The average Bonchev–Trinajstić information content (AvgIpc) is 2.68. The van der Waals surface area contributed by atoms with Gasteiger partial charge >= 0.3 is 0 Å². The number of benzene rings is 1. The number of hydrogen-bond donors (Lipinski definition) is 1. The van der Waals surface area contributed by atoms with Crippen molar-refractivity contribution in [2.45, 2.75) is 26.3 Å². The molecule has 4 rings (SSSR count). The largest absolute Gasteiger partial charge is 0.396 e. The first-order valence-electron chi connectivity index (χ1n) is 8.84. The lowest BCUT2D eigenvalue weighted by atomic mass is 9.98. The topological polar surface area (TPSA) is 75.0 Å². The van der Waals surface area contributed by atoms with E-state index in [2.05, 4.69) is 27.0 Å². The van der Waals surface area contributed by atoms with Gasteiger partial charge in [0.2, 0.25) is 0 Å². The number of aromatic nitrogens is 4. The Labute approximate surface area is 152 Å². The molecule has 3 aromatic rings. The Kier molecular flexibility index (Phi) is 4.58. The van der Waals surface area contributed by atoms with Crippen molar-refractivity contribution in [1.29, 1.82) is 0 Å². The molecule has 26 heavy (non-hydrogen) atoms. The van der Waals surface area contributed by atoms with Gasteiger partial charge in [0, 0.05) is 30.3 Å². The van der Waals surface area contributed by atoms with Crippen LogP contribution in [0.15, 0.2) is 42.6 Å². The Balaban J connectivity index is 1.67. The summed E-state index contributed by atoms with van der Waals surface area (Å²) >= 11 is 0. The predicted octanol–water partition coefficient (Wildman–Crippen LogP) is 2.34. The van der Waals surface area contributed by atoms with Crippen molar-refractivity contribution in [1.82, 2.24) is 19.9 Å². The van der Waals surface area contributed by atoms with E-state index in [-0.39, 0.29) is 6.61 Å². The van der Waals surface area contributed by atoms with Crippen molar-refractivity contribution in [3.63, 3.8) is 0 Å². The zero-order chi connectivity index (χ0) is 17.9. The van der Waals surface area contributed by atoms with E-state index >= 15 is 0 Å². The lowest BCUT2D eigenvalue weighted by Crippen LogP contribution is -2.33. The van der Waals surface area contributed by atoms with E-state index in [0.717, 1.165) is 41.6 Å². The second kappa shape index (κ2) is 7.17. The Hall–Kier alpha value is -2.86. The number of aliphatic hydroxyl groups excluding tert-OH is 1. The van der Waals surface area contributed by atoms with E-state index in [0.29, 0.717) is 18.8 Å². The van der Waals surface area contributed by atoms with Crippen LogP contribution in [0.1, 0.15) is 22.9 Å². The highest BCUT2D eigenvalue weighted by atomic mass is 16.3. The monoisotopic (exact) mass is 347 g/mol. The number of aliphatic hydroxyl groups is 1. The minimum Gasteiger partial charge on any atom is -0.396 e. The molecule has 0 bridgehead atoms. The van der Waals surface area contributed by atoms with Gasteiger partial charge in [0.05, 0.1) is 24.5 Å². The number of fused-ring (bicyclic) bond motifs is 1. The maximum Gasteiger partial charge on any atom is 0.132 e. The molecule has 0 amide bonds. The summed E-state index contributed by atoms with van der Waals surface area (Å²) in [5.74, 6) is 2.33. The van der Waals surface area contributed by atoms with Crippen LogP contribution in [0.25, 0.3) is 11.3 Å². The van der Waals surface area contributed by atoms with E-state index in [4.69, 9.17) is 15.1 Å². The summed E-state index contributed by atoms with van der Waals surface area (Å²) in [4.78, 5) is 20.4. The van der Waals surface area contributed by atoms with Gasteiger partial charge in [-0.05, 0) is 19.4 Å². The van der Waals surface area contributed by atoms with Gasteiger partial charge in [-0.25, -0.2) is 19.9 Å². The van der Waals surface area contributed by atoms with Gasteiger partial charge in [-0.3, -0.25) is 0 Å². The third-order valence-corrected chi connectivity index (χ3v) is 4.57. The summed E-state index contributed by atoms with van der Waals surface area (Å²) < 4.78 is 0. The van der Waals surface area contributed by atoms with Gasteiger partial charge in [-0.1, -0.05) is 30.3 Å². The van der Waals surface area contributed by atoms with Crippen molar-refractivity contribution < 1.29 is 5.11 Å². The van der Waals surface area contributed by atoms with E-state index in [1.807, 2.05) is 31.2 Å². The highest BCUT2D eigenvalue weighted by molar-refractivity contribution is 5.65. The molecule has 0 atom stereocenters. The summed E-state index contributed by atoms with van der Waals surface area (Å²) in [5, 5.41) is 9.11. The SMILES string of the molecule is Cc1nc2c(c(-c3ccccc3)n1)CCN(c1ccnc(CCO)n1)C2. The Morgan fingerprint density at radius 2 is 1.92 bits per heavy atom. The van der Waals surface area contributed by atoms with Crippen molar-refractivity contribution in [3.8, 4) is 11.3 Å². The molecule has 0 spiro atoms. The molecule has 6 heteroatoms. The predicted molar refractivity (Wildman–Crippen MR) is 99.8 cm³/mol. The molecule has 1 aromatic carbocycles. The minimum absolute atomic E-state index is 0.0547. The van der Waals surface area contributed by atoms with Gasteiger partial charge < -0.3 is 10.0 Å². The summed E-state index contributed by atoms with van der Waals surface area (Å²) in [5.41, 5.74) is 4.46. The fourth-order valence-electron chi connectivity index (χ4n) is 3.37. The third kappa shape index (κ3) is 3.28. The van der Waals surface area contributed by atoms with Crippen LogP contribution in [0.2, 0.25) is 0 Å². The van der Waals surface area contributed by atoms with E-state index in [1.165, 1.54) is 5.56 Å². The molecule has 132 valence electrons. The molecular weight excluding hydrogens is 326 g/mol. The van der Waals surface area contributed by atoms with Crippen molar-refractivity contribution >= 4 is 5.82 Å². The standard InChI is InChI=1S/C20H21N5O/c1-14-22-17-13-25(19-7-10-21-18(24-19)9-12-26)11-8-16(17)20(23-14)15-5-3-2-4-6-15/h2-7,10,26H,8-9,11-13H2,1H3. The smallest absolute Gasteiger partial charge is 0.132 e. The molecule has 1 aliphatic rings. The van der Waals surface area contributed by atoms with E-state index in [1.54, 1.807) is 6.20 Å². The summed E-state index contributed by atoms with van der Waals surface area (Å²) in [6.07, 6.45) is 3.10. The second-order valence-electron chi connectivity index (χ2n) is 6.39. The number of rotatable bonds is 4. The van der Waals surface area contributed by atoms with Gasteiger partial charge in [-0.15, -0.1) is 0 Å². The Bertz CT molecular complexity index is 913. The highest BCUT2D eigenvalue weighted by Gasteiger charge is 2.23. The molecule has 0 saturated carbocycles. The Morgan fingerprint density at radius 3 is 2.73 bits per heavy atom. The zero-order valence-corrected chi connectivity index (χ0v) is 14.8. The minimum atomic E-state index is 0.0547. The summed E-state index contributed by atoms with van der Waals surface area (Å²) in [6.45, 7) is 3.55. The first-order valence-corrected chi connectivity index (χ1v) is 8.84. The van der Waals surface area contributed by atoms with Gasteiger partial charge in [-0.2, -0.15) is 0 Å². The molecular formula is C20H21N5O. The molecule has 0 fully saturated rings. The van der Waals surface area contributed by atoms with Crippen LogP contribution in [-0.2, 0) is 19.4 Å². The molecule has 3 heterocycles. The van der Waals surface area contributed by atoms with E-state index < -0.39 is 0 Å². The van der Waals surface area contributed by atoms with Crippen LogP contribution in [0.3, 0.4) is 0 Å². The van der Waals surface area contributed by atoms with Crippen LogP contribution >= 0.6 is 0 Å². The molecule has 0 radical (unpaired) electrons. The first kappa shape index (κ1) is 16.6. The maximum absolute atomic E-state index is 9.11. The Morgan fingerprint density at radius 1 is 1.08 bits per heavy atom. The van der Waals surface area contributed by atoms with Gasteiger partial charge in [0.25, 0.3) is 0 Å². The summed E-state index contributed by atoms with van der Waals surface area (Å²) in [7, 11) is 0. The quantitative estimate of drug-likeness (QED) is 0.781. The highest BCUT2D eigenvalue weighted by Crippen LogP contribution is 2.29. The van der Waals surface area contributed by atoms with Gasteiger partial charge in [0.15, 0.2) is 0 Å².